The van der Waals surface area contributed by atoms with E-state index in [0.717, 1.165) is 36.8 Å². The number of halogens is 1. The molecule has 0 radical (unpaired) electrons. The first-order chi connectivity index (χ1) is 14.5. The number of fused-ring (bicyclic) bond motifs is 1. The number of benzene rings is 1. The van der Waals surface area contributed by atoms with Crippen molar-refractivity contribution in [3.63, 3.8) is 0 Å². The van der Waals surface area contributed by atoms with Crippen LogP contribution >= 0.6 is 11.3 Å². The molecular weight excluding hydrogens is 399 g/mol. The molecule has 3 rings (SSSR count). The first kappa shape index (κ1) is 22.2. The monoisotopic (exact) mass is 428 g/mol. The first-order valence-electron chi connectivity index (χ1n) is 10.5. The summed E-state index contributed by atoms with van der Waals surface area (Å²) in [4.78, 5) is 30.6. The predicted octanol–water partition coefficient (Wildman–Crippen LogP) is 4.96. The summed E-state index contributed by atoms with van der Waals surface area (Å²) in [7, 11) is 0. The van der Waals surface area contributed by atoms with E-state index in [1.165, 1.54) is 17.0 Å². The topological polar surface area (TPSA) is 40.6 Å². The van der Waals surface area contributed by atoms with Gasteiger partial charge >= 0.3 is 0 Å². The highest BCUT2D eigenvalue weighted by Crippen LogP contribution is 2.37. The largest absolute Gasteiger partial charge is 0.330 e. The van der Waals surface area contributed by atoms with E-state index < -0.39 is 0 Å². The van der Waals surface area contributed by atoms with Crippen molar-refractivity contribution in [1.82, 2.24) is 9.80 Å². The molecule has 0 spiro atoms. The maximum Gasteiger partial charge on any atom is 0.243 e. The van der Waals surface area contributed by atoms with E-state index in [0.29, 0.717) is 19.5 Å². The van der Waals surface area contributed by atoms with E-state index in [-0.39, 0.29) is 30.2 Å². The molecule has 2 amide bonds. The van der Waals surface area contributed by atoms with Crippen molar-refractivity contribution in [2.24, 2.45) is 0 Å². The molecule has 6 heteroatoms. The molecule has 1 atom stereocenters. The lowest BCUT2D eigenvalue weighted by Crippen LogP contribution is -2.46. The average molecular weight is 429 g/mol. The highest BCUT2D eigenvalue weighted by molar-refractivity contribution is 7.10. The lowest BCUT2D eigenvalue weighted by Gasteiger charge is -2.37. The van der Waals surface area contributed by atoms with Gasteiger partial charge in [-0.05, 0) is 47.5 Å². The minimum atomic E-state index is -0.298. The molecule has 2 aromatic rings. The van der Waals surface area contributed by atoms with Gasteiger partial charge < -0.3 is 9.80 Å². The fourth-order valence-electron chi connectivity index (χ4n) is 3.94. The van der Waals surface area contributed by atoms with Crippen LogP contribution in [0.2, 0.25) is 0 Å². The molecule has 0 fully saturated rings. The number of carbonyl (C=O) groups is 2. The molecule has 1 aromatic carbocycles. The molecule has 2 heterocycles. The summed E-state index contributed by atoms with van der Waals surface area (Å²) in [5, 5.41) is 2.04. The zero-order chi connectivity index (χ0) is 21.5. The Morgan fingerprint density at radius 3 is 2.73 bits per heavy atom. The van der Waals surface area contributed by atoms with Crippen molar-refractivity contribution in [1.29, 1.82) is 0 Å². The molecule has 1 aliphatic heterocycles. The molecular formula is C24H29FN2O2S. The van der Waals surface area contributed by atoms with Crippen LogP contribution in [0.15, 0.2) is 48.4 Å². The maximum atomic E-state index is 13.5. The van der Waals surface area contributed by atoms with Crippen molar-refractivity contribution >= 4 is 23.2 Å². The number of unbranched alkanes of at least 4 members (excludes halogenated alkanes) is 2. The molecule has 1 aliphatic rings. The number of nitrogens with zero attached hydrogens (tertiary/aromatic N) is 2. The van der Waals surface area contributed by atoms with Crippen molar-refractivity contribution in [3.05, 3.63) is 70.2 Å². The lowest BCUT2D eigenvalue weighted by molar-refractivity contribution is -0.141. The Balaban J connectivity index is 1.80. The molecule has 0 aliphatic carbocycles. The summed E-state index contributed by atoms with van der Waals surface area (Å²) in [6.45, 7) is 6.81. The molecule has 0 N–H and O–H groups in total. The van der Waals surface area contributed by atoms with Crippen molar-refractivity contribution in [2.45, 2.75) is 45.1 Å². The van der Waals surface area contributed by atoms with E-state index in [1.54, 1.807) is 34.4 Å². The summed E-state index contributed by atoms with van der Waals surface area (Å²) in [6.07, 6.45) is 5.78. The standard InChI is InChI=1S/C24H29FN2O2S/c1-3-5-6-7-22(28)26(14-4-2)17-23(29)27-15-12-21-20(13-16-30-21)24(27)18-8-10-19(25)11-9-18/h4,8-11,13,16,24H,2-3,5-7,12,14-15,17H2,1H3. The highest BCUT2D eigenvalue weighted by Gasteiger charge is 2.33. The van der Waals surface area contributed by atoms with Crippen LogP contribution in [-0.2, 0) is 16.0 Å². The van der Waals surface area contributed by atoms with Gasteiger partial charge in [0.2, 0.25) is 11.8 Å². The Morgan fingerprint density at radius 2 is 2.03 bits per heavy atom. The SMILES string of the molecule is C=CCN(CC(=O)N1CCc2sccc2C1c1ccc(F)cc1)C(=O)CCCCC. The van der Waals surface area contributed by atoms with Crippen LogP contribution in [0.3, 0.4) is 0 Å². The summed E-state index contributed by atoms with van der Waals surface area (Å²) in [5.74, 6) is -0.400. The fourth-order valence-corrected chi connectivity index (χ4v) is 4.84. The van der Waals surface area contributed by atoms with Gasteiger partial charge in [-0.3, -0.25) is 9.59 Å². The van der Waals surface area contributed by atoms with Gasteiger partial charge in [0.25, 0.3) is 0 Å². The van der Waals surface area contributed by atoms with E-state index in [1.807, 2.05) is 16.3 Å². The molecule has 0 saturated heterocycles. The normalized spacial score (nSPS) is 15.5. The summed E-state index contributed by atoms with van der Waals surface area (Å²) >= 11 is 1.69. The van der Waals surface area contributed by atoms with Gasteiger partial charge in [0.05, 0.1) is 6.04 Å². The molecule has 160 valence electrons. The van der Waals surface area contributed by atoms with Crippen LogP contribution in [0.25, 0.3) is 0 Å². The van der Waals surface area contributed by atoms with Crippen molar-refractivity contribution < 1.29 is 14.0 Å². The van der Waals surface area contributed by atoms with Crippen molar-refractivity contribution in [3.8, 4) is 0 Å². The van der Waals surface area contributed by atoms with E-state index in [4.69, 9.17) is 0 Å². The van der Waals surface area contributed by atoms with E-state index in [9.17, 15) is 14.0 Å². The third-order valence-electron chi connectivity index (χ3n) is 5.49. The molecule has 1 unspecified atom stereocenters. The zero-order valence-corrected chi connectivity index (χ0v) is 18.3. The summed E-state index contributed by atoms with van der Waals surface area (Å²) in [5.41, 5.74) is 1.98. The third kappa shape index (κ3) is 5.17. The second-order valence-electron chi connectivity index (χ2n) is 7.61. The first-order valence-corrected chi connectivity index (χ1v) is 11.4. The Kier molecular flexibility index (Phi) is 7.80. The Labute approximate surface area is 182 Å². The number of hydrogen-bond donors (Lipinski definition) is 0. The molecule has 30 heavy (non-hydrogen) atoms. The van der Waals surface area contributed by atoms with Gasteiger partial charge in [-0.15, -0.1) is 17.9 Å². The van der Waals surface area contributed by atoms with Gasteiger partial charge in [0, 0.05) is 24.4 Å². The predicted molar refractivity (Wildman–Crippen MR) is 119 cm³/mol. The van der Waals surface area contributed by atoms with Gasteiger partial charge in [-0.2, -0.15) is 0 Å². The number of hydrogen-bond acceptors (Lipinski definition) is 3. The number of rotatable bonds is 9. The van der Waals surface area contributed by atoms with E-state index >= 15 is 0 Å². The lowest BCUT2D eigenvalue weighted by atomic mass is 9.93. The molecule has 4 nitrogen and oxygen atoms in total. The van der Waals surface area contributed by atoms with E-state index in [2.05, 4.69) is 13.5 Å². The van der Waals surface area contributed by atoms with Gasteiger partial charge in [0.15, 0.2) is 0 Å². The van der Waals surface area contributed by atoms with Gasteiger partial charge in [0.1, 0.15) is 12.4 Å². The molecule has 0 bridgehead atoms. The summed E-state index contributed by atoms with van der Waals surface area (Å²) in [6, 6.07) is 8.13. The van der Waals surface area contributed by atoms with Gasteiger partial charge in [-0.1, -0.05) is 38.0 Å². The minimum absolute atomic E-state index is 0.0109. The molecule has 0 saturated carbocycles. The Morgan fingerprint density at radius 1 is 1.27 bits per heavy atom. The second-order valence-corrected chi connectivity index (χ2v) is 8.61. The zero-order valence-electron chi connectivity index (χ0n) is 17.5. The van der Waals surface area contributed by atoms with Gasteiger partial charge in [-0.25, -0.2) is 4.39 Å². The quantitative estimate of drug-likeness (QED) is 0.419. The van der Waals surface area contributed by atoms with Crippen LogP contribution in [0.4, 0.5) is 4.39 Å². The molecule has 1 aromatic heterocycles. The average Bonchev–Trinajstić information content (AvgIpc) is 3.22. The van der Waals surface area contributed by atoms with Crippen LogP contribution < -0.4 is 0 Å². The van der Waals surface area contributed by atoms with Crippen LogP contribution in [0.5, 0.6) is 0 Å². The second kappa shape index (κ2) is 10.5. The fraction of sp³-hybridized carbons (Fsp3) is 0.417. The maximum absolute atomic E-state index is 13.5. The Hall–Kier alpha value is -2.47. The smallest absolute Gasteiger partial charge is 0.243 e. The Bertz CT molecular complexity index is 878. The van der Waals surface area contributed by atoms with Crippen LogP contribution in [0.1, 0.15) is 54.7 Å². The van der Waals surface area contributed by atoms with Crippen molar-refractivity contribution in [2.75, 3.05) is 19.6 Å². The number of thiophene rings is 1. The minimum Gasteiger partial charge on any atom is -0.330 e. The van der Waals surface area contributed by atoms with Crippen LogP contribution in [0, 0.1) is 5.82 Å². The summed E-state index contributed by atoms with van der Waals surface area (Å²) < 4.78 is 13.5. The number of carbonyl (C=O) groups excluding carboxylic acids is 2. The third-order valence-corrected chi connectivity index (χ3v) is 6.49. The van der Waals surface area contributed by atoms with Crippen LogP contribution in [-0.4, -0.2) is 41.2 Å². The number of amides is 2. The highest BCUT2D eigenvalue weighted by atomic mass is 32.1.